The summed E-state index contributed by atoms with van der Waals surface area (Å²) >= 11 is 1.52. The molecule has 0 saturated heterocycles. The number of hydrogen-bond acceptors (Lipinski definition) is 6. The first kappa shape index (κ1) is 17.9. The molecule has 1 atom stereocenters. The van der Waals surface area contributed by atoms with Crippen molar-refractivity contribution in [2.45, 2.75) is 24.3 Å². The molecule has 2 heterocycles. The number of carbonyl (C=O) groups is 1. The van der Waals surface area contributed by atoms with Crippen molar-refractivity contribution in [3.05, 3.63) is 45.6 Å². The molecule has 0 N–H and O–H groups in total. The summed E-state index contributed by atoms with van der Waals surface area (Å²) in [4.78, 5) is 13.5. The van der Waals surface area contributed by atoms with E-state index in [0.717, 1.165) is 10.4 Å². The van der Waals surface area contributed by atoms with Crippen molar-refractivity contribution >= 4 is 27.3 Å². The van der Waals surface area contributed by atoms with Crippen LogP contribution in [0.5, 0.6) is 5.75 Å². The highest BCUT2D eigenvalue weighted by Gasteiger charge is 2.42. The standard InChI is InChI=1S/C17H19NO5S2/c1-11-4-5-13(22-2)15(10-11)25(20,21)18-8-6-14-12(7-9-24-14)16(18)17(19)23-3/h4-5,7,9-10,16H,6,8H2,1-3H3. The number of nitrogens with zero attached hydrogens (tertiary/aromatic N) is 1. The third-order valence-electron chi connectivity index (χ3n) is 4.25. The van der Waals surface area contributed by atoms with Gasteiger partial charge < -0.3 is 9.47 Å². The number of carbonyl (C=O) groups excluding carboxylic acids is 1. The smallest absolute Gasteiger partial charge is 0.328 e. The van der Waals surface area contributed by atoms with Gasteiger partial charge in [0, 0.05) is 11.4 Å². The summed E-state index contributed by atoms with van der Waals surface area (Å²) in [7, 11) is -1.25. The van der Waals surface area contributed by atoms with Crippen LogP contribution < -0.4 is 4.74 Å². The van der Waals surface area contributed by atoms with Gasteiger partial charge in [-0.25, -0.2) is 13.2 Å². The lowest BCUT2D eigenvalue weighted by Crippen LogP contribution is -2.43. The topological polar surface area (TPSA) is 72.9 Å². The average molecular weight is 381 g/mol. The van der Waals surface area contributed by atoms with Crippen molar-refractivity contribution in [3.8, 4) is 5.75 Å². The highest BCUT2D eigenvalue weighted by molar-refractivity contribution is 7.89. The molecule has 0 saturated carbocycles. The van der Waals surface area contributed by atoms with Gasteiger partial charge in [-0.05, 0) is 48.1 Å². The van der Waals surface area contributed by atoms with Gasteiger partial charge in [-0.1, -0.05) is 6.07 Å². The Bertz CT molecular complexity index is 904. The maximum atomic E-state index is 13.3. The third-order valence-corrected chi connectivity index (χ3v) is 7.13. The number of thiophene rings is 1. The second kappa shape index (κ2) is 6.78. The molecule has 1 aromatic carbocycles. The lowest BCUT2D eigenvalue weighted by atomic mass is 10.0. The molecule has 0 aliphatic carbocycles. The Morgan fingerprint density at radius 3 is 2.72 bits per heavy atom. The Balaban J connectivity index is 2.13. The van der Waals surface area contributed by atoms with Gasteiger partial charge in [-0.3, -0.25) is 0 Å². The zero-order valence-corrected chi connectivity index (χ0v) is 15.8. The monoisotopic (exact) mass is 381 g/mol. The van der Waals surface area contributed by atoms with Crippen LogP contribution >= 0.6 is 11.3 Å². The number of ether oxygens (including phenoxy) is 2. The number of rotatable bonds is 4. The van der Waals surface area contributed by atoms with Crippen molar-refractivity contribution in [2.24, 2.45) is 0 Å². The van der Waals surface area contributed by atoms with E-state index in [-0.39, 0.29) is 17.2 Å². The molecule has 1 aromatic heterocycles. The van der Waals surface area contributed by atoms with Gasteiger partial charge in [-0.15, -0.1) is 11.3 Å². The van der Waals surface area contributed by atoms with E-state index in [2.05, 4.69) is 0 Å². The molecule has 0 spiro atoms. The fraction of sp³-hybridized carbons (Fsp3) is 0.353. The molecule has 1 aliphatic rings. The molecule has 134 valence electrons. The lowest BCUT2D eigenvalue weighted by molar-refractivity contribution is -0.145. The van der Waals surface area contributed by atoms with Crippen LogP contribution in [-0.4, -0.2) is 39.5 Å². The molecule has 3 rings (SSSR count). The molecule has 0 amide bonds. The van der Waals surface area contributed by atoms with E-state index in [9.17, 15) is 13.2 Å². The maximum Gasteiger partial charge on any atom is 0.328 e. The fourth-order valence-corrected chi connectivity index (χ4v) is 5.73. The first-order valence-electron chi connectivity index (χ1n) is 7.70. The van der Waals surface area contributed by atoms with Crippen LogP contribution in [0, 0.1) is 6.92 Å². The van der Waals surface area contributed by atoms with Crippen LogP contribution in [0.2, 0.25) is 0 Å². The van der Waals surface area contributed by atoms with Gasteiger partial charge in [0.25, 0.3) is 0 Å². The van der Waals surface area contributed by atoms with Gasteiger partial charge in [0.05, 0.1) is 14.2 Å². The number of fused-ring (bicyclic) bond motifs is 1. The predicted octanol–water partition coefficient (Wildman–Crippen LogP) is 2.53. The number of benzene rings is 1. The second-order valence-corrected chi connectivity index (χ2v) is 8.60. The molecule has 0 radical (unpaired) electrons. The molecule has 6 nitrogen and oxygen atoms in total. The molecule has 0 fully saturated rings. The maximum absolute atomic E-state index is 13.3. The van der Waals surface area contributed by atoms with Gasteiger partial charge in [0.2, 0.25) is 10.0 Å². The van der Waals surface area contributed by atoms with Gasteiger partial charge >= 0.3 is 5.97 Å². The number of esters is 1. The zero-order chi connectivity index (χ0) is 18.2. The van der Waals surface area contributed by atoms with E-state index in [1.807, 2.05) is 12.3 Å². The summed E-state index contributed by atoms with van der Waals surface area (Å²) in [6, 6.07) is 5.77. The second-order valence-electron chi connectivity index (χ2n) is 5.74. The Kier molecular flexibility index (Phi) is 4.86. The number of sulfonamides is 1. The third kappa shape index (κ3) is 3.05. The Morgan fingerprint density at radius 2 is 2.04 bits per heavy atom. The Hall–Kier alpha value is -1.90. The quantitative estimate of drug-likeness (QED) is 0.761. The van der Waals surface area contributed by atoms with Gasteiger partial charge in [0.15, 0.2) is 0 Å². The minimum absolute atomic E-state index is 0.0579. The van der Waals surface area contributed by atoms with E-state index in [1.54, 1.807) is 24.3 Å². The van der Waals surface area contributed by atoms with Crippen molar-refractivity contribution in [2.75, 3.05) is 20.8 Å². The lowest BCUT2D eigenvalue weighted by Gasteiger charge is -2.33. The molecule has 2 aromatic rings. The van der Waals surface area contributed by atoms with Crippen molar-refractivity contribution in [1.82, 2.24) is 4.31 Å². The minimum atomic E-state index is -3.94. The van der Waals surface area contributed by atoms with Crippen LogP contribution in [0.1, 0.15) is 22.0 Å². The molecular formula is C17H19NO5S2. The van der Waals surface area contributed by atoms with Crippen LogP contribution in [-0.2, 0) is 26.0 Å². The van der Waals surface area contributed by atoms with E-state index < -0.39 is 22.0 Å². The van der Waals surface area contributed by atoms with E-state index in [4.69, 9.17) is 9.47 Å². The minimum Gasteiger partial charge on any atom is -0.495 e. The van der Waals surface area contributed by atoms with E-state index >= 15 is 0 Å². The summed E-state index contributed by atoms with van der Waals surface area (Å²) in [5.74, 6) is -0.333. The Labute approximate surface area is 151 Å². The Morgan fingerprint density at radius 1 is 1.28 bits per heavy atom. The molecule has 1 unspecified atom stereocenters. The zero-order valence-electron chi connectivity index (χ0n) is 14.2. The fourth-order valence-electron chi connectivity index (χ4n) is 3.02. The highest BCUT2D eigenvalue weighted by Crippen LogP contribution is 2.39. The number of methoxy groups -OCH3 is 2. The molecule has 25 heavy (non-hydrogen) atoms. The van der Waals surface area contributed by atoms with Crippen LogP contribution in [0.25, 0.3) is 0 Å². The average Bonchev–Trinajstić information content (AvgIpc) is 3.08. The summed E-state index contributed by atoms with van der Waals surface area (Å²) in [5, 5.41) is 1.87. The normalized spacial score (nSPS) is 17.8. The van der Waals surface area contributed by atoms with E-state index in [1.165, 1.54) is 29.9 Å². The van der Waals surface area contributed by atoms with Crippen LogP contribution in [0.3, 0.4) is 0 Å². The first-order chi connectivity index (χ1) is 11.9. The van der Waals surface area contributed by atoms with Crippen molar-refractivity contribution in [1.29, 1.82) is 0 Å². The van der Waals surface area contributed by atoms with Crippen LogP contribution in [0.4, 0.5) is 0 Å². The summed E-state index contributed by atoms with van der Waals surface area (Å²) in [5.41, 5.74) is 1.49. The number of hydrogen-bond donors (Lipinski definition) is 0. The van der Waals surface area contributed by atoms with E-state index in [0.29, 0.717) is 12.0 Å². The largest absolute Gasteiger partial charge is 0.495 e. The summed E-state index contributed by atoms with van der Waals surface area (Å²) in [6.07, 6.45) is 0.563. The van der Waals surface area contributed by atoms with Crippen molar-refractivity contribution in [3.63, 3.8) is 0 Å². The van der Waals surface area contributed by atoms with Gasteiger partial charge in [0.1, 0.15) is 16.7 Å². The highest BCUT2D eigenvalue weighted by atomic mass is 32.2. The molecule has 1 aliphatic heterocycles. The van der Waals surface area contributed by atoms with Gasteiger partial charge in [-0.2, -0.15) is 4.31 Å². The molecule has 0 bridgehead atoms. The SMILES string of the molecule is COC(=O)C1c2ccsc2CCN1S(=O)(=O)c1cc(C)ccc1OC. The predicted molar refractivity (Wildman–Crippen MR) is 94.4 cm³/mol. The summed E-state index contributed by atoms with van der Waals surface area (Å²) < 4.78 is 38.0. The first-order valence-corrected chi connectivity index (χ1v) is 10.0. The number of aryl methyl sites for hydroxylation is 1. The van der Waals surface area contributed by atoms with Crippen LogP contribution in [0.15, 0.2) is 34.5 Å². The summed E-state index contributed by atoms with van der Waals surface area (Å²) in [6.45, 7) is 2.02. The van der Waals surface area contributed by atoms with Crippen molar-refractivity contribution < 1.29 is 22.7 Å². The molecule has 8 heteroatoms. The molecular weight excluding hydrogens is 362 g/mol.